The average molecular weight is 394 g/mol. The first-order valence-corrected chi connectivity index (χ1v) is 9.80. The second-order valence-corrected chi connectivity index (χ2v) is 7.60. The first-order chi connectivity index (χ1) is 13.9. The maximum absolute atomic E-state index is 13.7. The summed E-state index contributed by atoms with van der Waals surface area (Å²) in [5, 5.41) is 3.05. The largest absolute Gasteiger partial charge is 0.468 e. The van der Waals surface area contributed by atoms with Crippen LogP contribution in [-0.2, 0) is 7.05 Å². The molecule has 0 atom stereocenters. The summed E-state index contributed by atoms with van der Waals surface area (Å²) in [6.07, 6.45) is 7.36. The van der Waals surface area contributed by atoms with Crippen LogP contribution in [0, 0.1) is 12.7 Å². The molecular weight excluding hydrogens is 371 g/mol. The molecule has 5 nitrogen and oxygen atoms in total. The number of ketones is 1. The molecule has 0 radical (unpaired) electrons. The first kappa shape index (κ1) is 19.2. The van der Waals surface area contributed by atoms with Gasteiger partial charge in [-0.2, -0.15) is 0 Å². The molecule has 29 heavy (non-hydrogen) atoms. The van der Waals surface area contributed by atoms with Crippen LogP contribution in [0.2, 0.25) is 0 Å². The number of halogens is 1. The third-order valence-corrected chi connectivity index (χ3v) is 5.53. The van der Waals surface area contributed by atoms with Crippen LogP contribution >= 0.6 is 0 Å². The van der Waals surface area contributed by atoms with E-state index in [4.69, 9.17) is 4.42 Å². The Labute approximate surface area is 168 Å². The highest BCUT2D eigenvalue weighted by atomic mass is 19.1. The Balaban J connectivity index is 1.64. The van der Waals surface area contributed by atoms with E-state index in [1.54, 1.807) is 42.9 Å². The van der Waals surface area contributed by atoms with Crippen LogP contribution in [0.25, 0.3) is 11.1 Å². The molecule has 150 valence electrons. The minimum absolute atomic E-state index is 0.173. The summed E-state index contributed by atoms with van der Waals surface area (Å²) in [7, 11) is 1.75. The maximum Gasteiger partial charge on any atom is 0.268 e. The fourth-order valence-corrected chi connectivity index (χ4v) is 3.99. The van der Waals surface area contributed by atoms with Crippen LogP contribution in [0.15, 0.2) is 47.2 Å². The summed E-state index contributed by atoms with van der Waals surface area (Å²) in [6, 6.07) is 7.85. The SMILES string of the molecule is Cc1occ(-c2cccc(F)c2)c1C(=O)c1cc(C(=O)NC2CCCC2)n(C)c1. The molecule has 0 saturated heterocycles. The van der Waals surface area contributed by atoms with Crippen molar-refractivity contribution in [3.8, 4) is 11.1 Å². The van der Waals surface area contributed by atoms with E-state index in [2.05, 4.69) is 5.32 Å². The van der Waals surface area contributed by atoms with E-state index in [9.17, 15) is 14.0 Å². The summed E-state index contributed by atoms with van der Waals surface area (Å²) in [5.74, 6) is -0.362. The molecule has 1 saturated carbocycles. The molecule has 0 bridgehead atoms. The van der Waals surface area contributed by atoms with Gasteiger partial charge in [-0.15, -0.1) is 0 Å². The quantitative estimate of drug-likeness (QED) is 0.642. The van der Waals surface area contributed by atoms with E-state index in [0.717, 1.165) is 25.7 Å². The van der Waals surface area contributed by atoms with Gasteiger partial charge in [0.1, 0.15) is 17.3 Å². The molecule has 1 aromatic carbocycles. The number of furan rings is 1. The van der Waals surface area contributed by atoms with Crippen LogP contribution in [0.1, 0.15) is 57.9 Å². The Bertz CT molecular complexity index is 1070. The third-order valence-electron chi connectivity index (χ3n) is 5.53. The third kappa shape index (κ3) is 3.75. The summed E-state index contributed by atoms with van der Waals surface area (Å²) in [4.78, 5) is 25.9. The van der Waals surface area contributed by atoms with Crippen molar-refractivity contribution in [3.05, 3.63) is 71.2 Å². The summed E-state index contributed by atoms with van der Waals surface area (Å²) in [6.45, 7) is 1.70. The highest BCUT2D eigenvalue weighted by molar-refractivity contribution is 6.14. The van der Waals surface area contributed by atoms with Crippen molar-refractivity contribution >= 4 is 11.7 Å². The van der Waals surface area contributed by atoms with E-state index >= 15 is 0 Å². The molecule has 1 fully saturated rings. The average Bonchev–Trinajstić information content (AvgIpc) is 3.41. The lowest BCUT2D eigenvalue weighted by Gasteiger charge is -2.11. The topological polar surface area (TPSA) is 64.2 Å². The van der Waals surface area contributed by atoms with E-state index in [1.807, 2.05) is 0 Å². The van der Waals surface area contributed by atoms with Gasteiger partial charge in [0.05, 0.1) is 11.8 Å². The lowest BCUT2D eigenvalue weighted by molar-refractivity contribution is 0.0929. The van der Waals surface area contributed by atoms with Gasteiger partial charge < -0.3 is 14.3 Å². The Morgan fingerprint density at radius 3 is 2.69 bits per heavy atom. The molecule has 6 heteroatoms. The molecule has 3 aromatic rings. The molecule has 0 aliphatic heterocycles. The van der Waals surface area contributed by atoms with Gasteiger partial charge in [-0.05, 0) is 43.5 Å². The number of carbonyl (C=O) groups excluding carboxylic acids is 2. The number of hydrogen-bond acceptors (Lipinski definition) is 3. The molecule has 0 spiro atoms. The Kier molecular flexibility index (Phi) is 5.09. The van der Waals surface area contributed by atoms with Crippen molar-refractivity contribution in [1.29, 1.82) is 0 Å². The second kappa shape index (κ2) is 7.70. The van der Waals surface area contributed by atoms with Gasteiger partial charge in [-0.3, -0.25) is 9.59 Å². The molecule has 1 aliphatic carbocycles. The highest BCUT2D eigenvalue weighted by Gasteiger charge is 2.25. The monoisotopic (exact) mass is 394 g/mol. The lowest BCUT2D eigenvalue weighted by atomic mass is 9.97. The van der Waals surface area contributed by atoms with Crippen LogP contribution in [0.4, 0.5) is 4.39 Å². The normalized spacial score (nSPS) is 14.3. The standard InChI is InChI=1S/C23H23FN2O3/c1-14-21(19(13-29-14)15-6-5-7-17(24)10-15)22(27)16-11-20(26(2)12-16)23(28)25-18-8-3-4-9-18/h5-7,10-13,18H,3-4,8-9H2,1-2H3,(H,25,28). The van der Waals surface area contributed by atoms with Gasteiger partial charge in [-0.1, -0.05) is 25.0 Å². The number of aromatic nitrogens is 1. The molecular formula is C23H23FN2O3. The van der Waals surface area contributed by atoms with Gasteiger partial charge in [0, 0.05) is 30.4 Å². The van der Waals surface area contributed by atoms with Crippen molar-refractivity contribution in [3.63, 3.8) is 0 Å². The van der Waals surface area contributed by atoms with Gasteiger partial charge in [-0.25, -0.2) is 4.39 Å². The van der Waals surface area contributed by atoms with Crippen LogP contribution in [0.5, 0.6) is 0 Å². The predicted molar refractivity (Wildman–Crippen MR) is 107 cm³/mol. The van der Waals surface area contributed by atoms with E-state index in [1.165, 1.54) is 18.4 Å². The number of nitrogens with one attached hydrogen (secondary N) is 1. The molecule has 4 rings (SSSR count). The Morgan fingerprint density at radius 2 is 1.97 bits per heavy atom. The van der Waals surface area contributed by atoms with Crippen molar-refractivity contribution in [2.45, 2.75) is 38.6 Å². The first-order valence-electron chi connectivity index (χ1n) is 9.80. The summed E-state index contributed by atoms with van der Waals surface area (Å²) in [5.41, 5.74) is 2.32. The number of hydrogen-bond donors (Lipinski definition) is 1. The molecule has 2 aromatic heterocycles. The second-order valence-electron chi connectivity index (χ2n) is 7.60. The van der Waals surface area contributed by atoms with Crippen molar-refractivity contribution in [2.24, 2.45) is 7.05 Å². The Morgan fingerprint density at radius 1 is 1.21 bits per heavy atom. The highest BCUT2D eigenvalue weighted by Crippen LogP contribution is 2.31. The zero-order valence-corrected chi connectivity index (χ0v) is 16.5. The molecule has 1 aliphatic rings. The van der Waals surface area contributed by atoms with Crippen LogP contribution in [0.3, 0.4) is 0 Å². The van der Waals surface area contributed by atoms with Gasteiger partial charge in [0.15, 0.2) is 5.78 Å². The summed E-state index contributed by atoms with van der Waals surface area (Å²) < 4.78 is 20.8. The van der Waals surface area contributed by atoms with E-state index in [-0.39, 0.29) is 23.5 Å². The zero-order chi connectivity index (χ0) is 20.5. The number of nitrogens with zero attached hydrogens (tertiary/aromatic N) is 1. The number of carbonyl (C=O) groups is 2. The smallest absolute Gasteiger partial charge is 0.268 e. The van der Waals surface area contributed by atoms with Crippen LogP contribution in [-0.4, -0.2) is 22.3 Å². The van der Waals surface area contributed by atoms with Crippen molar-refractivity contribution in [1.82, 2.24) is 9.88 Å². The molecule has 1 amide bonds. The number of amides is 1. The number of rotatable bonds is 5. The summed E-state index contributed by atoms with van der Waals surface area (Å²) >= 11 is 0. The van der Waals surface area contributed by atoms with E-state index < -0.39 is 0 Å². The maximum atomic E-state index is 13.7. The van der Waals surface area contributed by atoms with Crippen molar-refractivity contribution in [2.75, 3.05) is 0 Å². The number of benzene rings is 1. The minimum atomic E-state index is -0.384. The fourth-order valence-electron chi connectivity index (χ4n) is 3.99. The van der Waals surface area contributed by atoms with Gasteiger partial charge >= 0.3 is 0 Å². The predicted octanol–water partition coefficient (Wildman–Crippen LogP) is 4.64. The van der Waals surface area contributed by atoms with Gasteiger partial charge in [0.25, 0.3) is 5.91 Å². The van der Waals surface area contributed by atoms with Crippen LogP contribution < -0.4 is 5.32 Å². The lowest BCUT2D eigenvalue weighted by Crippen LogP contribution is -2.33. The van der Waals surface area contributed by atoms with Gasteiger partial charge in [0.2, 0.25) is 0 Å². The zero-order valence-electron chi connectivity index (χ0n) is 16.5. The minimum Gasteiger partial charge on any atom is -0.468 e. The molecule has 2 heterocycles. The van der Waals surface area contributed by atoms with E-state index in [0.29, 0.717) is 33.7 Å². The fraction of sp³-hybridized carbons (Fsp3) is 0.304. The molecule has 1 N–H and O–H groups in total. The van der Waals surface area contributed by atoms with Crippen molar-refractivity contribution < 1.29 is 18.4 Å². The Hall–Kier alpha value is -3.15. The number of aryl methyl sites for hydroxylation is 2. The molecule has 0 unspecified atom stereocenters.